The van der Waals surface area contributed by atoms with Crippen molar-refractivity contribution in [2.45, 2.75) is 32.2 Å². The molecule has 2 aromatic rings. The summed E-state index contributed by atoms with van der Waals surface area (Å²) < 4.78 is 18.7. The molecule has 1 amide bonds. The van der Waals surface area contributed by atoms with Crippen molar-refractivity contribution in [3.05, 3.63) is 65.5 Å². The number of ether oxygens (including phenoxy) is 1. The zero-order chi connectivity index (χ0) is 20.0. The number of likely N-dealkylation sites (N-methyl/N-ethyl adjacent to an activating group) is 1. The van der Waals surface area contributed by atoms with E-state index in [2.05, 4.69) is 26.1 Å². The van der Waals surface area contributed by atoms with Crippen LogP contribution < -0.4 is 10.1 Å². The summed E-state index contributed by atoms with van der Waals surface area (Å²) >= 11 is 0. The summed E-state index contributed by atoms with van der Waals surface area (Å²) in [5.41, 5.74) is 2.24. The van der Waals surface area contributed by atoms with Crippen LogP contribution >= 0.6 is 0 Å². The Kier molecular flexibility index (Phi) is 6.97. The SMILES string of the molecule is CN(C)C(CNC(=O)COc1ccc(C(C)(C)C)cc1)c1ccc(F)cc1. The van der Waals surface area contributed by atoms with Gasteiger partial charge in [0, 0.05) is 6.54 Å². The van der Waals surface area contributed by atoms with Crippen molar-refractivity contribution in [3.8, 4) is 5.75 Å². The molecular formula is C22H29FN2O2. The van der Waals surface area contributed by atoms with E-state index in [9.17, 15) is 9.18 Å². The summed E-state index contributed by atoms with van der Waals surface area (Å²) in [6, 6.07) is 14.1. The van der Waals surface area contributed by atoms with Gasteiger partial charge in [0.1, 0.15) is 11.6 Å². The van der Waals surface area contributed by atoms with Gasteiger partial charge in [-0.15, -0.1) is 0 Å². The summed E-state index contributed by atoms with van der Waals surface area (Å²) in [7, 11) is 3.85. The fraction of sp³-hybridized carbons (Fsp3) is 0.409. The third-order valence-electron chi connectivity index (χ3n) is 4.46. The molecular weight excluding hydrogens is 343 g/mol. The molecule has 0 aliphatic rings. The molecule has 0 radical (unpaired) electrons. The number of carbonyl (C=O) groups excluding carboxylic acids is 1. The lowest BCUT2D eigenvalue weighted by Gasteiger charge is -2.25. The van der Waals surface area contributed by atoms with Crippen LogP contribution in [0.15, 0.2) is 48.5 Å². The van der Waals surface area contributed by atoms with Gasteiger partial charge in [-0.05, 0) is 54.9 Å². The van der Waals surface area contributed by atoms with Crippen LogP contribution in [-0.4, -0.2) is 38.1 Å². The lowest BCUT2D eigenvalue weighted by molar-refractivity contribution is -0.123. The highest BCUT2D eigenvalue weighted by Crippen LogP contribution is 2.24. The molecule has 2 rings (SSSR count). The number of halogens is 1. The zero-order valence-electron chi connectivity index (χ0n) is 16.8. The van der Waals surface area contributed by atoms with Gasteiger partial charge in [0.2, 0.25) is 0 Å². The highest BCUT2D eigenvalue weighted by Gasteiger charge is 2.16. The van der Waals surface area contributed by atoms with Crippen LogP contribution in [0.2, 0.25) is 0 Å². The van der Waals surface area contributed by atoms with Gasteiger partial charge in [-0.3, -0.25) is 4.79 Å². The number of hydrogen-bond donors (Lipinski definition) is 1. The largest absolute Gasteiger partial charge is 0.484 e. The van der Waals surface area contributed by atoms with Crippen molar-refractivity contribution in [3.63, 3.8) is 0 Å². The summed E-state index contributed by atoms with van der Waals surface area (Å²) in [6.45, 7) is 6.83. The fourth-order valence-electron chi connectivity index (χ4n) is 2.75. The van der Waals surface area contributed by atoms with Crippen molar-refractivity contribution >= 4 is 5.91 Å². The molecule has 0 heterocycles. The summed E-state index contributed by atoms with van der Waals surface area (Å²) in [4.78, 5) is 14.1. The van der Waals surface area contributed by atoms with E-state index in [0.717, 1.165) is 5.56 Å². The zero-order valence-corrected chi connectivity index (χ0v) is 16.8. The maximum atomic E-state index is 13.1. The molecule has 0 aliphatic carbocycles. The molecule has 2 aromatic carbocycles. The molecule has 0 bridgehead atoms. The van der Waals surface area contributed by atoms with Crippen LogP contribution in [0.25, 0.3) is 0 Å². The molecule has 1 N–H and O–H groups in total. The second-order valence-corrected chi connectivity index (χ2v) is 7.90. The van der Waals surface area contributed by atoms with Gasteiger partial charge in [-0.1, -0.05) is 45.0 Å². The number of rotatable bonds is 7. The van der Waals surface area contributed by atoms with E-state index in [0.29, 0.717) is 12.3 Å². The normalized spacial score (nSPS) is 12.7. The summed E-state index contributed by atoms with van der Waals surface area (Å²) in [6.07, 6.45) is 0. The Labute approximate surface area is 161 Å². The molecule has 5 heteroatoms. The number of benzene rings is 2. The van der Waals surface area contributed by atoms with Gasteiger partial charge in [0.25, 0.3) is 5.91 Å². The molecule has 0 saturated carbocycles. The van der Waals surface area contributed by atoms with Crippen molar-refractivity contribution in [2.75, 3.05) is 27.2 Å². The van der Waals surface area contributed by atoms with Gasteiger partial charge in [0.15, 0.2) is 6.61 Å². The molecule has 0 aliphatic heterocycles. The van der Waals surface area contributed by atoms with Crippen LogP contribution in [0.4, 0.5) is 4.39 Å². The van der Waals surface area contributed by atoms with Crippen molar-refractivity contribution in [1.82, 2.24) is 10.2 Å². The Hall–Kier alpha value is -2.40. The minimum absolute atomic E-state index is 0.0411. The number of amides is 1. The van der Waals surface area contributed by atoms with Gasteiger partial charge >= 0.3 is 0 Å². The summed E-state index contributed by atoms with van der Waals surface area (Å²) in [5, 5.41) is 2.88. The Morgan fingerprint density at radius 3 is 2.19 bits per heavy atom. The number of nitrogens with one attached hydrogen (secondary N) is 1. The van der Waals surface area contributed by atoms with Crippen LogP contribution in [0, 0.1) is 5.82 Å². The Morgan fingerprint density at radius 2 is 1.67 bits per heavy atom. The Balaban J connectivity index is 1.86. The lowest BCUT2D eigenvalue weighted by atomic mass is 9.87. The summed E-state index contributed by atoms with van der Waals surface area (Å²) in [5.74, 6) is 0.205. The second-order valence-electron chi connectivity index (χ2n) is 7.90. The fourth-order valence-corrected chi connectivity index (χ4v) is 2.75. The van der Waals surface area contributed by atoms with E-state index in [4.69, 9.17) is 4.74 Å². The molecule has 0 saturated heterocycles. The third kappa shape index (κ3) is 6.36. The first-order valence-corrected chi connectivity index (χ1v) is 9.09. The van der Waals surface area contributed by atoms with E-state index >= 15 is 0 Å². The molecule has 146 valence electrons. The molecule has 1 atom stereocenters. The van der Waals surface area contributed by atoms with E-state index in [1.807, 2.05) is 43.3 Å². The van der Waals surface area contributed by atoms with Crippen molar-refractivity contribution < 1.29 is 13.9 Å². The average Bonchev–Trinajstić information content (AvgIpc) is 2.61. The number of nitrogens with zero attached hydrogens (tertiary/aromatic N) is 1. The minimum atomic E-state index is -0.272. The van der Waals surface area contributed by atoms with Gasteiger partial charge in [-0.25, -0.2) is 4.39 Å². The van der Waals surface area contributed by atoms with E-state index < -0.39 is 0 Å². The van der Waals surface area contributed by atoms with Crippen LogP contribution in [-0.2, 0) is 10.2 Å². The maximum absolute atomic E-state index is 13.1. The van der Waals surface area contributed by atoms with Gasteiger partial charge < -0.3 is 15.0 Å². The maximum Gasteiger partial charge on any atom is 0.258 e. The lowest BCUT2D eigenvalue weighted by Crippen LogP contribution is -2.36. The van der Waals surface area contributed by atoms with Crippen molar-refractivity contribution in [1.29, 1.82) is 0 Å². The first-order chi connectivity index (χ1) is 12.7. The number of hydrogen-bond acceptors (Lipinski definition) is 3. The average molecular weight is 372 g/mol. The monoisotopic (exact) mass is 372 g/mol. The van der Waals surface area contributed by atoms with Crippen molar-refractivity contribution in [2.24, 2.45) is 0 Å². The third-order valence-corrected chi connectivity index (χ3v) is 4.46. The first-order valence-electron chi connectivity index (χ1n) is 9.09. The smallest absolute Gasteiger partial charge is 0.258 e. The van der Waals surface area contributed by atoms with Gasteiger partial charge in [0.05, 0.1) is 6.04 Å². The second kappa shape index (κ2) is 9.00. The van der Waals surface area contributed by atoms with Crippen LogP contribution in [0.1, 0.15) is 37.9 Å². The highest BCUT2D eigenvalue weighted by atomic mass is 19.1. The van der Waals surface area contributed by atoms with E-state index in [1.54, 1.807) is 12.1 Å². The highest BCUT2D eigenvalue weighted by molar-refractivity contribution is 5.77. The molecule has 1 unspecified atom stereocenters. The molecule has 0 spiro atoms. The first kappa shape index (κ1) is 20.9. The molecule has 4 nitrogen and oxygen atoms in total. The van der Waals surface area contributed by atoms with Gasteiger partial charge in [-0.2, -0.15) is 0 Å². The standard InChI is InChI=1S/C22H29FN2O2/c1-22(2,3)17-8-12-19(13-9-17)27-15-21(26)24-14-20(25(4)5)16-6-10-18(23)11-7-16/h6-13,20H,14-15H2,1-5H3,(H,24,26). The minimum Gasteiger partial charge on any atom is -0.484 e. The molecule has 0 fully saturated rings. The topological polar surface area (TPSA) is 41.6 Å². The Bertz CT molecular complexity index is 734. The van der Waals surface area contributed by atoms with Crippen LogP contribution in [0.3, 0.4) is 0 Å². The van der Waals surface area contributed by atoms with E-state index in [-0.39, 0.29) is 29.8 Å². The van der Waals surface area contributed by atoms with E-state index in [1.165, 1.54) is 17.7 Å². The Morgan fingerprint density at radius 1 is 1.07 bits per heavy atom. The predicted octanol–water partition coefficient (Wildman–Crippen LogP) is 3.92. The molecule has 27 heavy (non-hydrogen) atoms. The predicted molar refractivity (Wildman–Crippen MR) is 106 cm³/mol. The quantitative estimate of drug-likeness (QED) is 0.801. The molecule has 0 aromatic heterocycles. The van der Waals surface area contributed by atoms with Crippen LogP contribution in [0.5, 0.6) is 5.75 Å². The number of carbonyl (C=O) groups is 1.